The summed E-state index contributed by atoms with van der Waals surface area (Å²) in [7, 11) is 1.57. The van der Waals surface area contributed by atoms with E-state index in [2.05, 4.69) is 5.10 Å². The van der Waals surface area contributed by atoms with Crippen molar-refractivity contribution >= 4 is 23.2 Å². The van der Waals surface area contributed by atoms with Gasteiger partial charge in [0.2, 0.25) is 5.91 Å². The van der Waals surface area contributed by atoms with E-state index in [4.69, 9.17) is 11.6 Å². The van der Waals surface area contributed by atoms with Gasteiger partial charge in [-0.2, -0.15) is 0 Å². The van der Waals surface area contributed by atoms with Gasteiger partial charge in [-0.25, -0.2) is 9.07 Å². The number of aromatic nitrogens is 2. The molecule has 10 heteroatoms. The van der Waals surface area contributed by atoms with E-state index in [0.717, 1.165) is 0 Å². The number of nitro groups is 1. The Bertz CT molecular complexity index is 1190. The van der Waals surface area contributed by atoms with Crippen molar-refractivity contribution in [2.45, 2.75) is 26.3 Å². The Labute approximate surface area is 182 Å². The minimum atomic E-state index is -0.525. The molecule has 0 aliphatic carbocycles. The Morgan fingerprint density at radius 3 is 2.58 bits per heavy atom. The van der Waals surface area contributed by atoms with Crippen LogP contribution in [0.1, 0.15) is 23.2 Å². The first-order valence-electron chi connectivity index (χ1n) is 9.40. The summed E-state index contributed by atoms with van der Waals surface area (Å²) >= 11 is 6.10. The molecule has 0 fully saturated rings. The molecule has 0 bridgehead atoms. The van der Waals surface area contributed by atoms with E-state index >= 15 is 0 Å². The number of carbonyl (C=O) groups is 1. The van der Waals surface area contributed by atoms with Crippen LogP contribution < -0.4 is 5.56 Å². The zero-order valence-corrected chi connectivity index (χ0v) is 17.6. The molecule has 1 amide bonds. The highest BCUT2D eigenvalue weighted by Crippen LogP contribution is 2.23. The van der Waals surface area contributed by atoms with Crippen LogP contribution in [-0.4, -0.2) is 32.6 Å². The molecule has 0 spiro atoms. The molecule has 0 saturated heterocycles. The van der Waals surface area contributed by atoms with Crippen molar-refractivity contribution in [2.75, 3.05) is 7.05 Å². The number of hydrogen-bond donors (Lipinski definition) is 1. The Balaban J connectivity index is 1.70. The lowest BCUT2D eigenvalue weighted by molar-refractivity contribution is -0.384. The van der Waals surface area contributed by atoms with Gasteiger partial charge in [-0.1, -0.05) is 11.6 Å². The van der Waals surface area contributed by atoms with Crippen molar-refractivity contribution in [3.05, 3.63) is 90.6 Å². The fourth-order valence-electron chi connectivity index (χ4n) is 3.21. The summed E-state index contributed by atoms with van der Waals surface area (Å²) in [5, 5.41) is 14.2. The van der Waals surface area contributed by atoms with Crippen LogP contribution >= 0.6 is 11.6 Å². The number of nitrogens with one attached hydrogen (secondary N) is 1. The van der Waals surface area contributed by atoms with Gasteiger partial charge in [0.05, 0.1) is 10.6 Å². The number of benzene rings is 2. The van der Waals surface area contributed by atoms with Crippen molar-refractivity contribution in [2.24, 2.45) is 0 Å². The number of aryl methyl sites for hydroxylation is 1. The first-order chi connectivity index (χ1) is 14.7. The van der Waals surface area contributed by atoms with Crippen LogP contribution in [0.25, 0.3) is 5.69 Å². The number of hydrogen-bond acceptors (Lipinski definition) is 4. The Morgan fingerprint density at radius 2 is 1.94 bits per heavy atom. The number of amides is 1. The lowest BCUT2D eigenvalue weighted by Gasteiger charge is -2.18. The summed E-state index contributed by atoms with van der Waals surface area (Å²) in [6, 6.07) is 9.55. The summed E-state index contributed by atoms with van der Waals surface area (Å²) in [4.78, 5) is 37.1. The quantitative estimate of drug-likeness (QED) is 0.441. The molecule has 0 saturated carbocycles. The van der Waals surface area contributed by atoms with Crippen LogP contribution in [0.5, 0.6) is 0 Å². The number of rotatable bonds is 7. The average molecular weight is 447 g/mol. The maximum absolute atomic E-state index is 13.1. The molecule has 31 heavy (non-hydrogen) atoms. The standard InChI is InChI=1S/C21H20ClFN4O4/c1-13-18(21(29)26(24-13)16-5-3-15(23)4-6-16)8-10-20(28)25(2)12-14-11-17(27(30)31)7-9-19(14)22/h3-7,9,11,24H,8,10,12H2,1-2H3. The monoisotopic (exact) mass is 446 g/mol. The molecule has 1 aromatic heterocycles. The number of halogens is 2. The third kappa shape index (κ3) is 5.00. The summed E-state index contributed by atoms with van der Waals surface area (Å²) in [5.41, 5.74) is 1.62. The minimum absolute atomic E-state index is 0.0698. The average Bonchev–Trinajstić information content (AvgIpc) is 3.01. The molecule has 0 atom stereocenters. The molecule has 1 N–H and O–H groups in total. The molecule has 0 aliphatic rings. The second-order valence-electron chi connectivity index (χ2n) is 7.11. The first-order valence-corrected chi connectivity index (χ1v) is 9.78. The molecule has 1 heterocycles. The van der Waals surface area contributed by atoms with E-state index in [1.54, 1.807) is 14.0 Å². The van der Waals surface area contributed by atoms with Gasteiger partial charge in [-0.3, -0.25) is 24.8 Å². The van der Waals surface area contributed by atoms with Crippen LogP contribution in [0.4, 0.5) is 10.1 Å². The molecule has 8 nitrogen and oxygen atoms in total. The molecule has 2 aromatic carbocycles. The highest BCUT2D eigenvalue weighted by atomic mass is 35.5. The van der Waals surface area contributed by atoms with Crippen LogP contribution in [0, 0.1) is 22.9 Å². The van der Waals surface area contributed by atoms with Crippen molar-refractivity contribution in [1.29, 1.82) is 0 Å². The van der Waals surface area contributed by atoms with Gasteiger partial charge in [0.1, 0.15) is 5.82 Å². The number of H-pyrrole nitrogens is 1. The number of aromatic amines is 1. The van der Waals surface area contributed by atoms with Crippen molar-refractivity contribution in [3.63, 3.8) is 0 Å². The summed E-state index contributed by atoms with van der Waals surface area (Å²) < 4.78 is 14.4. The van der Waals surface area contributed by atoms with Crippen LogP contribution in [-0.2, 0) is 17.8 Å². The normalized spacial score (nSPS) is 10.8. The van der Waals surface area contributed by atoms with Crippen LogP contribution in [0.15, 0.2) is 47.3 Å². The van der Waals surface area contributed by atoms with E-state index in [0.29, 0.717) is 27.5 Å². The van der Waals surface area contributed by atoms with Gasteiger partial charge >= 0.3 is 0 Å². The topological polar surface area (TPSA) is 101 Å². The number of nitrogens with zero attached hydrogens (tertiary/aromatic N) is 3. The fraction of sp³-hybridized carbons (Fsp3) is 0.238. The highest BCUT2D eigenvalue weighted by molar-refractivity contribution is 6.31. The van der Waals surface area contributed by atoms with E-state index in [1.165, 1.54) is 52.0 Å². The largest absolute Gasteiger partial charge is 0.341 e. The van der Waals surface area contributed by atoms with Crippen molar-refractivity contribution < 1.29 is 14.1 Å². The molecule has 0 unspecified atom stereocenters. The molecule has 0 radical (unpaired) electrons. The maximum Gasteiger partial charge on any atom is 0.274 e. The maximum atomic E-state index is 13.1. The number of non-ortho nitro benzene ring substituents is 1. The minimum Gasteiger partial charge on any atom is -0.341 e. The Kier molecular flexibility index (Phi) is 6.55. The van der Waals surface area contributed by atoms with Gasteiger partial charge < -0.3 is 4.90 Å². The predicted octanol–water partition coefficient (Wildman–Crippen LogP) is 3.77. The van der Waals surface area contributed by atoms with Crippen molar-refractivity contribution in [1.82, 2.24) is 14.7 Å². The fourth-order valence-corrected chi connectivity index (χ4v) is 3.39. The van der Waals surface area contributed by atoms with Gasteiger partial charge in [0.15, 0.2) is 0 Å². The van der Waals surface area contributed by atoms with E-state index in [1.807, 2.05) is 0 Å². The zero-order chi connectivity index (χ0) is 22.7. The Morgan fingerprint density at radius 1 is 1.26 bits per heavy atom. The van der Waals surface area contributed by atoms with Gasteiger partial charge in [0.25, 0.3) is 11.2 Å². The van der Waals surface area contributed by atoms with E-state index in [9.17, 15) is 24.1 Å². The summed E-state index contributed by atoms with van der Waals surface area (Å²) in [5.74, 6) is -0.645. The van der Waals surface area contributed by atoms with Crippen molar-refractivity contribution in [3.8, 4) is 5.69 Å². The number of nitro benzene ring substituents is 1. The second-order valence-corrected chi connectivity index (χ2v) is 7.52. The third-order valence-electron chi connectivity index (χ3n) is 4.94. The molecule has 3 rings (SSSR count). The second kappa shape index (κ2) is 9.13. The van der Waals surface area contributed by atoms with Crippen LogP contribution in [0.3, 0.4) is 0 Å². The Hall–Kier alpha value is -3.46. The van der Waals surface area contributed by atoms with Gasteiger partial charge in [-0.05, 0) is 49.2 Å². The number of carbonyl (C=O) groups excluding carboxylic acids is 1. The smallest absolute Gasteiger partial charge is 0.274 e. The lowest BCUT2D eigenvalue weighted by atomic mass is 10.1. The van der Waals surface area contributed by atoms with E-state index < -0.39 is 10.7 Å². The zero-order valence-electron chi connectivity index (χ0n) is 16.9. The van der Waals surface area contributed by atoms with Crippen LogP contribution in [0.2, 0.25) is 5.02 Å². The lowest BCUT2D eigenvalue weighted by Crippen LogP contribution is -2.27. The highest BCUT2D eigenvalue weighted by Gasteiger charge is 2.18. The van der Waals surface area contributed by atoms with Gasteiger partial charge in [0, 0.05) is 48.4 Å². The summed E-state index contributed by atoms with van der Waals surface area (Å²) in [6.07, 6.45) is 0.279. The first kappa shape index (κ1) is 22.2. The molecular formula is C21H20ClFN4O4. The summed E-state index contributed by atoms with van der Waals surface area (Å²) in [6.45, 7) is 1.83. The van der Waals surface area contributed by atoms with E-state index in [-0.39, 0.29) is 36.5 Å². The molecule has 162 valence electrons. The third-order valence-corrected chi connectivity index (χ3v) is 5.31. The molecular weight excluding hydrogens is 427 g/mol. The predicted molar refractivity (Wildman–Crippen MR) is 114 cm³/mol. The van der Waals surface area contributed by atoms with Gasteiger partial charge in [-0.15, -0.1) is 0 Å². The SMILES string of the molecule is Cc1[nH]n(-c2ccc(F)cc2)c(=O)c1CCC(=O)N(C)Cc1cc([N+](=O)[O-])ccc1Cl. The molecule has 0 aliphatic heterocycles. The molecule has 3 aromatic rings.